The highest BCUT2D eigenvalue weighted by Crippen LogP contribution is 2.18. The van der Waals surface area contributed by atoms with Gasteiger partial charge >= 0.3 is 5.97 Å². The van der Waals surface area contributed by atoms with Crippen molar-refractivity contribution < 1.29 is 9.53 Å². The van der Waals surface area contributed by atoms with E-state index in [9.17, 15) is 4.79 Å². The zero-order chi connectivity index (χ0) is 13.7. The van der Waals surface area contributed by atoms with Crippen LogP contribution in [0.4, 0.5) is 5.95 Å². The van der Waals surface area contributed by atoms with Gasteiger partial charge in [0.2, 0.25) is 5.95 Å². The van der Waals surface area contributed by atoms with Gasteiger partial charge in [-0.1, -0.05) is 30.3 Å². The first-order valence-corrected chi connectivity index (χ1v) is 6.65. The van der Waals surface area contributed by atoms with E-state index in [0.29, 0.717) is 5.95 Å². The van der Waals surface area contributed by atoms with Crippen molar-refractivity contribution in [3.63, 3.8) is 0 Å². The van der Waals surface area contributed by atoms with Crippen LogP contribution in [0.1, 0.15) is 11.6 Å². The number of methoxy groups -OCH3 is 1. The zero-order valence-corrected chi connectivity index (χ0v) is 12.4. The van der Waals surface area contributed by atoms with Crippen molar-refractivity contribution >= 4 is 34.5 Å². The monoisotopic (exact) mass is 369 g/mol. The maximum absolute atomic E-state index is 11.8. The number of hydrogen-bond acceptors (Lipinski definition) is 5. The first-order valence-electron chi connectivity index (χ1n) is 5.57. The number of anilines is 1. The van der Waals surface area contributed by atoms with E-state index in [-0.39, 0.29) is 5.97 Å². The van der Waals surface area contributed by atoms with Crippen LogP contribution in [-0.4, -0.2) is 23.0 Å². The lowest BCUT2D eigenvalue weighted by Gasteiger charge is -2.16. The molecular weight excluding hydrogens is 357 g/mol. The number of esters is 1. The average molecular weight is 369 g/mol. The molecular formula is C13H12IN3O2. The van der Waals surface area contributed by atoms with Crippen molar-refractivity contribution in [1.82, 2.24) is 9.97 Å². The molecule has 1 atom stereocenters. The number of nitrogens with zero attached hydrogens (tertiary/aromatic N) is 2. The largest absolute Gasteiger partial charge is 0.467 e. The third kappa shape index (κ3) is 3.63. The van der Waals surface area contributed by atoms with Crippen LogP contribution in [-0.2, 0) is 9.53 Å². The number of halogens is 1. The number of aromatic nitrogens is 2. The van der Waals surface area contributed by atoms with E-state index in [4.69, 9.17) is 4.74 Å². The molecule has 0 fully saturated rings. The highest BCUT2D eigenvalue weighted by atomic mass is 127. The fourth-order valence-electron chi connectivity index (χ4n) is 1.56. The first kappa shape index (κ1) is 13.7. The van der Waals surface area contributed by atoms with Gasteiger partial charge in [-0.15, -0.1) is 0 Å². The summed E-state index contributed by atoms with van der Waals surface area (Å²) in [5.74, 6) is 0.00743. The summed E-state index contributed by atoms with van der Waals surface area (Å²) in [6, 6.07) is 8.69. The molecule has 0 aliphatic heterocycles. The Bertz CT molecular complexity index is 546. The van der Waals surface area contributed by atoms with Crippen LogP contribution in [0.2, 0.25) is 0 Å². The lowest BCUT2D eigenvalue weighted by molar-refractivity contribution is -0.141. The van der Waals surface area contributed by atoms with E-state index < -0.39 is 6.04 Å². The topological polar surface area (TPSA) is 64.1 Å². The number of hydrogen-bond donors (Lipinski definition) is 1. The van der Waals surface area contributed by atoms with Crippen LogP contribution in [0.25, 0.3) is 0 Å². The van der Waals surface area contributed by atoms with E-state index >= 15 is 0 Å². The summed E-state index contributed by atoms with van der Waals surface area (Å²) in [6.07, 6.45) is 3.35. The summed E-state index contributed by atoms with van der Waals surface area (Å²) in [5.41, 5.74) is 0.802. The number of ether oxygens (including phenoxy) is 1. The summed E-state index contributed by atoms with van der Waals surface area (Å²) >= 11 is 2.12. The first-order chi connectivity index (χ1) is 9.20. The van der Waals surface area contributed by atoms with Gasteiger partial charge in [-0.25, -0.2) is 14.8 Å². The third-order valence-corrected chi connectivity index (χ3v) is 3.02. The van der Waals surface area contributed by atoms with Gasteiger partial charge in [0, 0.05) is 16.0 Å². The van der Waals surface area contributed by atoms with Gasteiger partial charge in [0.05, 0.1) is 7.11 Å². The highest BCUT2D eigenvalue weighted by molar-refractivity contribution is 14.1. The maximum atomic E-state index is 11.8. The molecule has 6 heteroatoms. The van der Waals surface area contributed by atoms with Gasteiger partial charge in [-0.3, -0.25) is 0 Å². The minimum Gasteiger partial charge on any atom is -0.467 e. The Labute approximate surface area is 124 Å². The van der Waals surface area contributed by atoms with Crippen LogP contribution in [0.5, 0.6) is 0 Å². The Balaban J connectivity index is 2.24. The molecule has 0 radical (unpaired) electrons. The van der Waals surface area contributed by atoms with Gasteiger partial charge in [-0.05, 0) is 28.2 Å². The molecule has 0 aliphatic rings. The molecule has 0 aliphatic carbocycles. The molecule has 5 nitrogen and oxygen atoms in total. The SMILES string of the molecule is COC(=O)C(Nc1ncc(I)cn1)c1ccccc1. The van der Waals surface area contributed by atoms with Gasteiger partial charge in [0.25, 0.3) is 0 Å². The standard InChI is InChI=1S/C13H12IN3O2/c1-19-12(18)11(9-5-3-2-4-6-9)17-13-15-7-10(14)8-16-13/h2-8,11H,1H3,(H,15,16,17). The fourth-order valence-corrected chi connectivity index (χ4v) is 1.84. The van der Waals surface area contributed by atoms with E-state index in [1.54, 1.807) is 12.4 Å². The van der Waals surface area contributed by atoms with Gasteiger partial charge in [0.15, 0.2) is 6.04 Å². The Hall–Kier alpha value is -1.70. The average Bonchev–Trinajstić information content (AvgIpc) is 2.47. The van der Waals surface area contributed by atoms with Crippen LogP contribution < -0.4 is 5.32 Å². The molecule has 0 saturated carbocycles. The number of carbonyl (C=O) groups is 1. The summed E-state index contributed by atoms with van der Waals surface area (Å²) in [5, 5.41) is 2.97. The lowest BCUT2D eigenvalue weighted by atomic mass is 10.1. The summed E-state index contributed by atoms with van der Waals surface area (Å²) in [6.45, 7) is 0. The van der Waals surface area contributed by atoms with Crippen molar-refractivity contribution in [2.24, 2.45) is 0 Å². The molecule has 0 saturated heterocycles. The molecule has 2 rings (SSSR count). The second kappa shape index (κ2) is 6.46. The van der Waals surface area contributed by atoms with Gasteiger partial charge < -0.3 is 10.1 Å². The summed E-state index contributed by atoms with van der Waals surface area (Å²) < 4.78 is 5.73. The zero-order valence-electron chi connectivity index (χ0n) is 10.2. The van der Waals surface area contributed by atoms with E-state index in [0.717, 1.165) is 9.13 Å². The Kier molecular flexibility index (Phi) is 4.67. The van der Waals surface area contributed by atoms with Crippen molar-refractivity contribution in [1.29, 1.82) is 0 Å². The van der Waals surface area contributed by atoms with Crippen molar-refractivity contribution in [3.8, 4) is 0 Å². The van der Waals surface area contributed by atoms with Crippen LogP contribution in [0, 0.1) is 3.57 Å². The van der Waals surface area contributed by atoms with Crippen LogP contribution in [0.15, 0.2) is 42.7 Å². The molecule has 19 heavy (non-hydrogen) atoms. The number of carbonyl (C=O) groups excluding carboxylic acids is 1. The second-order valence-corrected chi connectivity index (χ2v) is 4.98. The van der Waals surface area contributed by atoms with Crippen LogP contribution >= 0.6 is 22.6 Å². The second-order valence-electron chi connectivity index (χ2n) is 3.74. The van der Waals surface area contributed by atoms with Crippen LogP contribution in [0.3, 0.4) is 0 Å². The summed E-state index contributed by atoms with van der Waals surface area (Å²) in [7, 11) is 1.36. The normalized spacial score (nSPS) is 11.7. The molecule has 0 amide bonds. The molecule has 1 aromatic carbocycles. The predicted molar refractivity (Wildman–Crippen MR) is 79.6 cm³/mol. The fraction of sp³-hybridized carbons (Fsp3) is 0.154. The van der Waals surface area contributed by atoms with Gasteiger partial charge in [-0.2, -0.15) is 0 Å². The smallest absolute Gasteiger partial charge is 0.333 e. The molecule has 98 valence electrons. The molecule has 0 spiro atoms. The van der Waals surface area contributed by atoms with E-state index in [1.807, 2.05) is 30.3 Å². The number of rotatable bonds is 4. The third-order valence-electron chi connectivity index (χ3n) is 2.46. The predicted octanol–water partition coefficient (Wildman–Crippen LogP) is 2.41. The maximum Gasteiger partial charge on any atom is 0.333 e. The van der Waals surface area contributed by atoms with Crippen molar-refractivity contribution in [2.75, 3.05) is 12.4 Å². The summed E-state index contributed by atoms with van der Waals surface area (Å²) in [4.78, 5) is 20.1. The van der Waals surface area contributed by atoms with Crippen molar-refractivity contribution in [3.05, 3.63) is 51.9 Å². The van der Waals surface area contributed by atoms with Crippen molar-refractivity contribution in [2.45, 2.75) is 6.04 Å². The van der Waals surface area contributed by atoms with Gasteiger partial charge in [0.1, 0.15) is 0 Å². The quantitative estimate of drug-likeness (QED) is 0.663. The minimum absolute atomic E-state index is 0.381. The Morgan fingerprint density at radius 1 is 1.26 bits per heavy atom. The minimum atomic E-state index is -0.619. The van der Waals surface area contributed by atoms with E-state index in [1.165, 1.54) is 7.11 Å². The molecule has 2 aromatic rings. The Morgan fingerprint density at radius 3 is 2.47 bits per heavy atom. The number of nitrogens with one attached hydrogen (secondary N) is 1. The molecule has 1 N–H and O–H groups in total. The molecule has 1 aromatic heterocycles. The van der Waals surface area contributed by atoms with E-state index in [2.05, 4.69) is 37.9 Å². The molecule has 0 bridgehead atoms. The number of benzene rings is 1. The molecule has 1 heterocycles. The molecule has 1 unspecified atom stereocenters. The Morgan fingerprint density at radius 2 is 1.89 bits per heavy atom. The lowest BCUT2D eigenvalue weighted by Crippen LogP contribution is -2.23. The highest BCUT2D eigenvalue weighted by Gasteiger charge is 2.21.